The van der Waals surface area contributed by atoms with Gasteiger partial charge < -0.3 is 4.43 Å². The predicted molar refractivity (Wildman–Crippen MR) is 67.1 cm³/mol. The molecule has 0 rings (SSSR count). The highest BCUT2D eigenvalue weighted by atomic mass is 28.4. The Morgan fingerprint density at radius 3 is 2.14 bits per heavy atom. The van der Waals surface area contributed by atoms with Crippen molar-refractivity contribution < 1.29 is 4.43 Å². The fraction of sp³-hybridized carbons (Fsp3) is 0.833. The summed E-state index contributed by atoms with van der Waals surface area (Å²) in [6, 6.07) is 0. The lowest BCUT2D eigenvalue weighted by molar-refractivity contribution is 0.259. The quantitative estimate of drug-likeness (QED) is 0.503. The number of hydrogen-bond acceptors (Lipinski definition) is 1. The van der Waals surface area contributed by atoms with Gasteiger partial charge in [0.1, 0.15) is 0 Å². The van der Waals surface area contributed by atoms with Gasteiger partial charge in [-0.15, -0.1) is 0 Å². The van der Waals surface area contributed by atoms with E-state index in [2.05, 4.69) is 59.9 Å². The maximum absolute atomic E-state index is 6.10. The molecule has 1 nitrogen and oxygen atoms in total. The summed E-state index contributed by atoms with van der Waals surface area (Å²) in [6.45, 7) is 16.6. The van der Waals surface area contributed by atoms with Gasteiger partial charge in [-0.3, -0.25) is 0 Å². The molecule has 0 aromatic carbocycles. The lowest BCUT2D eigenvalue weighted by Gasteiger charge is -2.36. The van der Waals surface area contributed by atoms with E-state index >= 15 is 0 Å². The smallest absolute Gasteiger partial charge is 0.192 e. The van der Waals surface area contributed by atoms with E-state index in [-0.39, 0.29) is 0 Å². The zero-order valence-corrected chi connectivity index (χ0v) is 11.8. The molecule has 0 aromatic heterocycles. The SMILES string of the molecule is C/C=C\C(C)CO[Si](C)(C)C(C)(C)C. The molecule has 0 saturated carbocycles. The van der Waals surface area contributed by atoms with E-state index in [1.807, 2.05) is 0 Å². The minimum absolute atomic E-state index is 0.322. The molecule has 0 spiro atoms. The van der Waals surface area contributed by atoms with Crippen LogP contribution in [0, 0.1) is 5.92 Å². The molecule has 0 heterocycles. The summed E-state index contributed by atoms with van der Waals surface area (Å²) in [5.41, 5.74) is 0. The monoisotopic (exact) mass is 214 g/mol. The van der Waals surface area contributed by atoms with Crippen LogP contribution in [-0.4, -0.2) is 14.9 Å². The molecule has 2 heteroatoms. The van der Waals surface area contributed by atoms with Gasteiger partial charge in [-0.1, -0.05) is 39.8 Å². The van der Waals surface area contributed by atoms with Crippen molar-refractivity contribution in [2.45, 2.75) is 52.8 Å². The molecule has 0 amide bonds. The zero-order chi connectivity index (χ0) is 11.4. The summed E-state index contributed by atoms with van der Waals surface area (Å²) >= 11 is 0. The first kappa shape index (κ1) is 13.9. The lowest BCUT2D eigenvalue weighted by atomic mass is 10.2. The Kier molecular flexibility index (Phi) is 5.10. The normalized spacial score (nSPS) is 16.2. The summed E-state index contributed by atoms with van der Waals surface area (Å²) in [6.07, 6.45) is 4.30. The van der Waals surface area contributed by atoms with Gasteiger partial charge in [0.15, 0.2) is 8.32 Å². The largest absolute Gasteiger partial charge is 0.416 e. The van der Waals surface area contributed by atoms with Crippen LogP contribution in [0.5, 0.6) is 0 Å². The second-order valence-corrected chi connectivity index (χ2v) is 10.4. The van der Waals surface area contributed by atoms with Crippen LogP contribution in [0.4, 0.5) is 0 Å². The summed E-state index contributed by atoms with van der Waals surface area (Å²) in [5.74, 6) is 0.536. The number of rotatable bonds is 4. The molecule has 0 aliphatic heterocycles. The van der Waals surface area contributed by atoms with Crippen LogP contribution in [0.15, 0.2) is 12.2 Å². The van der Waals surface area contributed by atoms with Gasteiger partial charge in [0, 0.05) is 6.61 Å². The van der Waals surface area contributed by atoms with Crippen molar-refractivity contribution in [1.82, 2.24) is 0 Å². The molecule has 0 N–H and O–H groups in total. The molecule has 1 unspecified atom stereocenters. The molecule has 84 valence electrons. The Hall–Kier alpha value is -0.0831. The average molecular weight is 214 g/mol. The molecule has 0 radical (unpaired) electrons. The number of hydrogen-bond donors (Lipinski definition) is 0. The maximum atomic E-state index is 6.10. The highest BCUT2D eigenvalue weighted by Gasteiger charge is 2.37. The van der Waals surface area contributed by atoms with Crippen LogP contribution >= 0.6 is 0 Å². The standard InChI is InChI=1S/C12H26OSi/c1-8-9-11(2)10-13-14(6,7)12(3,4)5/h8-9,11H,10H2,1-7H3/b9-8-. The molecule has 1 atom stereocenters. The third-order valence-electron chi connectivity index (χ3n) is 3.03. The molecule has 0 aliphatic carbocycles. The summed E-state index contributed by atoms with van der Waals surface area (Å²) in [5, 5.41) is 0.322. The van der Waals surface area contributed by atoms with E-state index in [9.17, 15) is 0 Å². The second-order valence-electron chi connectivity index (χ2n) is 5.57. The topological polar surface area (TPSA) is 9.23 Å². The van der Waals surface area contributed by atoms with Crippen molar-refractivity contribution in [2.24, 2.45) is 5.92 Å². The van der Waals surface area contributed by atoms with Crippen LogP contribution in [0.3, 0.4) is 0 Å². The molecule has 0 bridgehead atoms. The Labute approximate surface area is 90.7 Å². The Morgan fingerprint density at radius 2 is 1.79 bits per heavy atom. The highest BCUT2D eigenvalue weighted by Crippen LogP contribution is 2.36. The van der Waals surface area contributed by atoms with Crippen molar-refractivity contribution in [1.29, 1.82) is 0 Å². The van der Waals surface area contributed by atoms with Gasteiger partial charge in [-0.05, 0) is 31.0 Å². The average Bonchev–Trinajstić information content (AvgIpc) is 1.99. The van der Waals surface area contributed by atoms with Gasteiger partial charge in [0.05, 0.1) is 0 Å². The molecule has 0 fully saturated rings. The van der Waals surface area contributed by atoms with Crippen LogP contribution in [-0.2, 0) is 4.43 Å². The molecule has 14 heavy (non-hydrogen) atoms. The van der Waals surface area contributed by atoms with Gasteiger partial charge in [0.25, 0.3) is 0 Å². The van der Waals surface area contributed by atoms with Gasteiger partial charge in [0.2, 0.25) is 0 Å². The first-order valence-electron chi connectivity index (χ1n) is 5.47. The fourth-order valence-electron chi connectivity index (χ4n) is 0.940. The van der Waals surface area contributed by atoms with Crippen LogP contribution in [0.2, 0.25) is 18.1 Å². The van der Waals surface area contributed by atoms with Crippen molar-refractivity contribution in [3.63, 3.8) is 0 Å². The second kappa shape index (κ2) is 5.13. The summed E-state index contributed by atoms with van der Waals surface area (Å²) in [4.78, 5) is 0. The predicted octanol–water partition coefficient (Wildman–Crippen LogP) is 4.22. The van der Waals surface area contributed by atoms with Crippen molar-refractivity contribution >= 4 is 8.32 Å². The molecule has 0 aliphatic rings. The first-order valence-corrected chi connectivity index (χ1v) is 8.38. The third kappa shape index (κ3) is 4.42. The van der Waals surface area contributed by atoms with E-state index in [0.717, 1.165) is 6.61 Å². The molecule has 0 saturated heterocycles. The molecular weight excluding hydrogens is 188 g/mol. The summed E-state index contributed by atoms with van der Waals surface area (Å²) in [7, 11) is -1.53. The van der Waals surface area contributed by atoms with E-state index in [1.54, 1.807) is 0 Å². The van der Waals surface area contributed by atoms with Crippen LogP contribution in [0.1, 0.15) is 34.6 Å². The van der Waals surface area contributed by atoms with Crippen molar-refractivity contribution in [2.75, 3.05) is 6.61 Å². The van der Waals surface area contributed by atoms with E-state index in [4.69, 9.17) is 4.43 Å². The van der Waals surface area contributed by atoms with E-state index in [1.165, 1.54) is 0 Å². The Balaban J connectivity index is 4.12. The van der Waals surface area contributed by atoms with Crippen molar-refractivity contribution in [3.8, 4) is 0 Å². The van der Waals surface area contributed by atoms with E-state index < -0.39 is 8.32 Å². The summed E-state index contributed by atoms with van der Waals surface area (Å²) < 4.78 is 6.10. The minimum Gasteiger partial charge on any atom is -0.416 e. The van der Waals surface area contributed by atoms with E-state index in [0.29, 0.717) is 11.0 Å². The Bertz CT molecular complexity index is 189. The van der Waals surface area contributed by atoms with Gasteiger partial charge >= 0.3 is 0 Å². The lowest BCUT2D eigenvalue weighted by Crippen LogP contribution is -2.41. The first-order chi connectivity index (χ1) is 6.20. The van der Waals surface area contributed by atoms with Gasteiger partial charge in [-0.2, -0.15) is 0 Å². The van der Waals surface area contributed by atoms with Crippen LogP contribution in [0.25, 0.3) is 0 Å². The fourth-order valence-corrected chi connectivity index (χ4v) is 2.05. The minimum atomic E-state index is -1.53. The number of allylic oxidation sites excluding steroid dienone is 1. The Morgan fingerprint density at radius 1 is 1.29 bits per heavy atom. The van der Waals surface area contributed by atoms with Gasteiger partial charge in [-0.25, -0.2) is 0 Å². The zero-order valence-electron chi connectivity index (χ0n) is 10.8. The maximum Gasteiger partial charge on any atom is 0.192 e. The van der Waals surface area contributed by atoms with Crippen LogP contribution < -0.4 is 0 Å². The van der Waals surface area contributed by atoms with Crippen molar-refractivity contribution in [3.05, 3.63) is 12.2 Å². The molecular formula is C12H26OSi. The highest BCUT2D eigenvalue weighted by molar-refractivity contribution is 6.74. The third-order valence-corrected chi connectivity index (χ3v) is 7.53. The molecule has 0 aromatic rings.